The van der Waals surface area contributed by atoms with Gasteiger partial charge in [-0.05, 0) is 46.5 Å². The van der Waals surface area contributed by atoms with E-state index in [1.807, 2.05) is 30.3 Å². The van der Waals surface area contributed by atoms with E-state index in [1.54, 1.807) is 0 Å². The fraction of sp³-hybridized carbons (Fsp3) is 0.0222. The molecule has 3 nitrogen and oxygen atoms in total. The van der Waals surface area contributed by atoms with Crippen LogP contribution in [0.25, 0.3) is 44.7 Å². The van der Waals surface area contributed by atoms with Crippen LogP contribution in [0.15, 0.2) is 182 Å². The lowest BCUT2D eigenvalue weighted by molar-refractivity contribution is 0.434. The number of ether oxygens (including phenoxy) is 1. The van der Waals surface area contributed by atoms with Gasteiger partial charge in [0, 0.05) is 27.6 Å². The van der Waals surface area contributed by atoms with Crippen LogP contribution in [-0.4, -0.2) is 9.97 Å². The van der Waals surface area contributed by atoms with Gasteiger partial charge in [0.2, 0.25) is 0 Å². The zero-order valence-electron chi connectivity index (χ0n) is 26.1. The summed E-state index contributed by atoms with van der Waals surface area (Å²) in [6, 6.07) is 63.7. The molecule has 8 aromatic rings. The molecule has 48 heavy (non-hydrogen) atoms. The normalized spacial score (nSPS) is 12.9. The molecule has 0 amide bonds. The van der Waals surface area contributed by atoms with E-state index in [0.29, 0.717) is 5.82 Å². The van der Waals surface area contributed by atoms with E-state index in [4.69, 9.17) is 14.7 Å². The fourth-order valence-electron chi connectivity index (χ4n) is 7.24. The van der Waals surface area contributed by atoms with E-state index in [0.717, 1.165) is 61.5 Å². The lowest BCUT2D eigenvalue weighted by atomic mass is 9.63. The molecule has 2 heterocycles. The molecule has 0 radical (unpaired) electrons. The monoisotopic (exact) mass is 614 g/mol. The summed E-state index contributed by atoms with van der Waals surface area (Å²) in [4.78, 5) is 10.1. The van der Waals surface area contributed by atoms with E-state index >= 15 is 0 Å². The highest BCUT2D eigenvalue weighted by Gasteiger charge is 2.45. The minimum absolute atomic E-state index is 0.542. The standard InChI is InChI=1S/C45H30N2O/c1-3-14-32(15-4-1)43-37-20-7-10-23-40(37)46-44(47-43)34-17-13-16-33(30-34)31-26-28-36(29-27-31)45(35-18-5-2-6-19-35)38-21-8-11-24-41(38)48-42-25-12-9-22-39(42)45/h1-30H. The maximum atomic E-state index is 6.48. The average Bonchev–Trinajstić information content (AvgIpc) is 3.17. The first-order chi connectivity index (χ1) is 23.8. The predicted octanol–water partition coefficient (Wildman–Crippen LogP) is 11.1. The Balaban J connectivity index is 1.17. The maximum absolute atomic E-state index is 6.48. The Morgan fingerprint density at radius 3 is 1.69 bits per heavy atom. The number of hydrogen-bond donors (Lipinski definition) is 0. The van der Waals surface area contributed by atoms with Crippen molar-refractivity contribution in [2.45, 2.75) is 5.41 Å². The highest BCUT2D eigenvalue weighted by atomic mass is 16.5. The summed E-state index contributed by atoms with van der Waals surface area (Å²) in [5.74, 6) is 2.47. The van der Waals surface area contributed by atoms with Crippen molar-refractivity contribution in [1.82, 2.24) is 9.97 Å². The van der Waals surface area contributed by atoms with Gasteiger partial charge in [0.25, 0.3) is 0 Å². The van der Waals surface area contributed by atoms with E-state index in [1.165, 1.54) is 11.1 Å². The van der Waals surface area contributed by atoms with E-state index in [2.05, 4.69) is 152 Å². The number of hydrogen-bond acceptors (Lipinski definition) is 3. The summed E-state index contributed by atoms with van der Waals surface area (Å²) >= 11 is 0. The number of fused-ring (bicyclic) bond motifs is 3. The summed E-state index contributed by atoms with van der Waals surface area (Å²) in [6.07, 6.45) is 0. The lowest BCUT2D eigenvalue weighted by Crippen LogP contribution is -2.34. The first kappa shape index (κ1) is 27.9. The van der Waals surface area contributed by atoms with E-state index in [-0.39, 0.29) is 0 Å². The zero-order chi connectivity index (χ0) is 31.9. The largest absolute Gasteiger partial charge is 0.457 e. The van der Waals surface area contributed by atoms with Gasteiger partial charge in [-0.15, -0.1) is 0 Å². The van der Waals surface area contributed by atoms with Crippen LogP contribution >= 0.6 is 0 Å². The molecule has 0 atom stereocenters. The molecule has 1 aliphatic rings. The Hall–Kier alpha value is -6.32. The molecule has 9 rings (SSSR count). The van der Waals surface area contributed by atoms with Gasteiger partial charge in [-0.25, -0.2) is 9.97 Å². The summed E-state index contributed by atoms with van der Waals surface area (Å²) in [5, 5.41) is 1.04. The number of benzene rings is 7. The number of para-hydroxylation sites is 3. The molecule has 1 aliphatic heterocycles. The summed E-state index contributed by atoms with van der Waals surface area (Å²) < 4.78 is 6.48. The van der Waals surface area contributed by atoms with Crippen molar-refractivity contribution in [3.05, 3.63) is 204 Å². The van der Waals surface area contributed by atoms with Gasteiger partial charge in [-0.3, -0.25) is 0 Å². The second-order valence-electron chi connectivity index (χ2n) is 12.1. The van der Waals surface area contributed by atoms with Gasteiger partial charge in [-0.1, -0.05) is 158 Å². The Kier molecular flexibility index (Phi) is 6.69. The first-order valence-corrected chi connectivity index (χ1v) is 16.2. The second kappa shape index (κ2) is 11.5. The quantitative estimate of drug-likeness (QED) is 0.193. The van der Waals surface area contributed by atoms with Crippen molar-refractivity contribution in [3.8, 4) is 45.3 Å². The van der Waals surface area contributed by atoms with Gasteiger partial charge in [0.1, 0.15) is 11.5 Å². The summed E-state index contributed by atoms with van der Waals surface area (Å²) in [7, 11) is 0. The maximum Gasteiger partial charge on any atom is 0.160 e. The van der Waals surface area contributed by atoms with Gasteiger partial charge < -0.3 is 4.74 Å². The van der Waals surface area contributed by atoms with Gasteiger partial charge in [0.15, 0.2) is 5.82 Å². The highest BCUT2D eigenvalue weighted by molar-refractivity contribution is 5.93. The Labute approximate surface area is 279 Å². The van der Waals surface area contributed by atoms with Crippen LogP contribution in [0.3, 0.4) is 0 Å². The minimum Gasteiger partial charge on any atom is -0.457 e. The minimum atomic E-state index is -0.542. The van der Waals surface area contributed by atoms with Gasteiger partial charge >= 0.3 is 0 Å². The molecule has 0 fully saturated rings. The molecule has 1 aromatic heterocycles. The van der Waals surface area contributed by atoms with Crippen LogP contribution in [0.5, 0.6) is 11.5 Å². The van der Waals surface area contributed by atoms with E-state index in [9.17, 15) is 0 Å². The summed E-state index contributed by atoms with van der Waals surface area (Å²) in [5.41, 5.74) is 10.3. The molecule has 226 valence electrons. The number of nitrogens with zero attached hydrogens (tertiary/aromatic N) is 2. The smallest absolute Gasteiger partial charge is 0.160 e. The topological polar surface area (TPSA) is 35.0 Å². The average molecular weight is 615 g/mol. The van der Waals surface area contributed by atoms with Crippen molar-refractivity contribution in [3.63, 3.8) is 0 Å². The van der Waals surface area contributed by atoms with Crippen molar-refractivity contribution in [2.75, 3.05) is 0 Å². The van der Waals surface area contributed by atoms with Gasteiger partial charge in [0.05, 0.1) is 16.6 Å². The molecule has 0 saturated heterocycles. The van der Waals surface area contributed by atoms with Gasteiger partial charge in [-0.2, -0.15) is 0 Å². The molecule has 0 spiro atoms. The van der Waals surface area contributed by atoms with E-state index < -0.39 is 5.41 Å². The van der Waals surface area contributed by atoms with Crippen LogP contribution in [0, 0.1) is 0 Å². The van der Waals surface area contributed by atoms with Crippen molar-refractivity contribution < 1.29 is 4.74 Å². The van der Waals surface area contributed by atoms with Crippen molar-refractivity contribution >= 4 is 10.9 Å². The molecule has 0 unspecified atom stereocenters. The third-order valence-electron chi connectivity index (χ3n) is 9.43. The fourth-order valence-corrected chi connectivity index (χ4v) is 7.24. The molecule has 0 aliphatic carbocycles. The van der Waals surface area contributed by atoms with Crippen LogP contribution in [0.1, 0.15) is 22.3 Å². The molecule has 0 saturated carbocycles. The lowest BCUT2D eigenvalue weighted by Gasteiger charge is -2.41. The highest BCUT2D eigenvalue weighted by Crippen LogP contribution is 2.55. The predicted molar refractivity (Wildman–Crippen MR) is 194 cm³/mol. The van der Waals surface area contributed by atoms with Crippen LogP contribution < -0.4 is 4.74 Å². The summed E-state index contributed by atoms with van der Waals surface area (Å²) in [6.45, 7) is 0. The zero-order valence-corrected chi connectivity index (χ0v) is 26.1. The number of rotatable bonds is 5. The molecular formula is C45H30N2O. The third kappa shape index (κ3) is 4.51. The molecule has 0 N–H and O–H groups in total. The third-order valence-corrected chi connectivity index (χ3v) is 9.43. The van der Waals surface area contributed by atoms with Crippen LogP contribution in [0.4, 0.5) is 0 Å². The Morgan fingerprint density at radius 2 is 0.958 bits per heavy atom. The SMILES string of the molecule is c1ccc(-c2nc(-c3cccc(-c4ccc(C5(c6ccccc6)c6ccccc6Oc6ccccc65)cc4)c3)nc3ccccc23)cc1. The number of aromatic nitrogens is 2. The Morgan fingerprint density at radius 1 is 0.396 bits per heavy atom. The van der Waals surface area contributed by atoms with Crippen molar-refractivity contribution in [1.29, 1.82) is 0 Å². The molecule has 7 aromatic carbocycles. The molecule has 0 bridgehead atoms. The first-order valence-electron chi connectivity index (χ1n) is 16.2. The van der Waals surface area contributed by atoms with Crippen molar-refractivity contribution in [2.24, 2.45) is 0 Å². The molecular weight excluding hydrogens is 585 g/mol. The Bertz CT molecular complexity index is 2370. The molecule has 3 heteroatoms. The second-order valence-corrected chi connectivity index (χ2v) is 12.1. The van der Waals surface area contributed by atoms with Crippen LogP contribution in [0.2, 0.25) is 0 Å². The van der Waals surface area contributed by atoms with Crippen LogP contribution in [-0.2, 0) is 5.41 Å².